The van der Waals surface area contributed by atoms with Crippen LogP contribution in [0.1, 0.15) is 25.2 Å². The first-order chi connectivity index (χ1) is 8.17. The van der Waals surface area contributed by atoms with Gasteiger partial charge in [-0.3, -0.25) is 4.79 Å². The van der Waals surface area contributed by atoms with Crippen LogP contribution in [0.5, 0.6) is 0 Å². The van der Waals surface area contributed by atoms with Crippen LogP contribution in [0.25, 0.3) is 0 Å². The molecule has 90 valence electrons. The first kappa shape index (κ1) is 10.7. The molecule has 0 unspecified atom stereocenters. The Morgan fingerprint density at radius 2 is 2.35 bits per heavy atom. The van der Waals surface area contributed by atoms with Crippen molar-refractivity contribution in [3.63, 3.8) is 0 Å². The Morgan fingerprint density at radius 3 is 3.12 bits per heavy atom. The summed E-state index contributed by atoms with van der Waals surface area (Å²) in [4.78, 5) is 21.9. The average Bonchev–Trinajstić information content (AvgIpc) is 2.83. The zero-order chi connectivity index (χ0) is 11.9. The third kappa shape index (κ3) is 1.82. The average molecular weight is 236 g/mol. The lowest BCUT2D eigenvalue weighted by Crippen LogP contribution is -2.50. The van der Waals surface area contributed by atoms with Crippen molar-refractivity contribution >= 4 is 5.78 Å². The number of carbonyl (C=O) groups excluding carboxylic acids is 1. The highest BCUT2D eigenvalue weighted by Gasteiger charge is 2.45. The summed E-state index contributed by atoms with van der Waals surface area (Å²) >= 11 is 0. The summed E-state index contributed by atoms with van der Waals surface area (Å²) in [5.74, 6) is 0.0314. The van der Waals surface area contributed by atoms with Gasteiger partial charge in [-0.25, -0.2) is 4.89 Å². The Kier molecular flexibility index (Phi) is 2.39. The van der Waals surface area contributed by atoms with Crippen LogP contribution in [0.15, 0.2) is 35.2 Å². The van der Waals surface area contributed by atoms with Gasteiger partial charge in [-0.15, -0.1) is 0 Å². The predicted molar refractivity (Wildman–Crippen MR) is 55.7 cm³/mol. The summed E-state index contributed by atoms with van der Waals surface area (Å²) in [7, 11) is 0. The van der Waals surface area contributed by atoms with Crippen LogP contribution >= 0.6 is 0 Å². The Bertz CT molecular complexity index is 449. The normalized spacial score (nSPS) is 36.9. The quantitative estimate of drug-likeness (QED) is 0.697. The molecule has 17 heavy (non-hydrogen) atoms. The summed E-state index contributed by atoms with van der Waals surface area (Å²) < 4.78 is 10.7. The molecule has 3 atom stereocenters. The highest BCUT2D eigenvalue weighted by atomic mass is 17.2. The third-order valence-corrected chi connectivity index (χ3v) is 3.04. The molecule has 0 amide bonds. The van der Waals surface area contributed by atoms with Gasteiger partial charge in [0.05, 0.1) is 12.5 Å². The Labute approximate surface area is 97.9 Å². The minimum atomic E-state index is -0.700. The third-order valence-electron chi connectivity index (χ3n) is 3.04. The molecule has 1 saturated heterocycles. The lowest BCUT2D eigenvalue weighted by atomic mass is 9.88. The minimum Gasteiger partial charge on any atom is -0.472 e. The molecular formula is C12H12O5. The van der Waals surface area contributed by atoms with Gasteiger partial charge in [0.15, 0.2) is 5.78 Å². The van der Waals surface area contributed by atoms with Crippen LogP contribution in [0.2, 0.25) is 0 Å². The van der Waals surface area contributed by atoms with Crippen LogP contribution in [-0.4, -0.2) is 17.5 Å². The fourth-order valence-electron chi connectivity index (χ4n) is 1.95. The van der Waals surface area contributed by atoms with Crippen LogP contribution in [0, 0.1) is 0 Å². The largest absolute Gasteiger partial charge is 0.472 e. The van der Waals surface area contributed by atoms with Gasteiger partial charge in [0, 0.05) is 12.0 Å². The number of ether oxygens (including phenoxy) is 1. The predicted octanol–water partition coefficient (Wildman–Crippen LogP) is 1.91. The molecule has 3 rings (SSSR count). The molecule has 0 spiro atoms. The van der Waals surface area contributed by atoms with Gasteiger partial charge in [0.2, 0.25) is 6.29 Å². The van der Waals surface area contributed by atoms with E-state index >= 15 is 0 Å². The van der Waals surface area contributed by atoms with Gasteiger partial charge in [-0.2, -0.15) is 4.89 Å². The molecule has 0 saturated carbocycles. The number of furan rings is 1. The van der Waals surface area contributed by atoms with Crippen molar-refractivity contribution in [2.75, 3.05) is 0 Å². The van der Waals surface area contributed by atoms with E-state index in [2.05, 4.69) is 0 Å². The second kappa shape index (κ2) is 3.80. The summed E-state index contributed by atoms with van der Waals surface area (Å²) in [6, 6.07) is 1.73. The van der Waals surface area contributed by atoms with E-state index in [0.717, 1.165) is 5.56 Å². The zero-order valence-corrected chi connectivity index (χ0v) is 9.29. The molecule has 2 heterocycles. The molecule has 0 bridgehead atoms. The van der Waals surface area contributed by atoms with Crippen LogP contribution in [0.3, 0.4) is 0 Å². The smallest absolute Gasteiger partial charge is 0.220 e. The van der Waals surface area contributed by atoms with E-state index in [-0.39, 0.29) is 11.9 Å². The number of allylic oxidation sites excluding steroid dienone is 1. The number of hydrogen-bond donors (Lipinski definition) is 0. The van der Waals surface area contributed by atoms with Crippen LogP contribution in [-0.2, 0) is 19.3 Å². The SMILES string of the molecule is C[C@@]12C=CC(=O)C[C@@H]1O[C@H](c1ccoc1)OO2. The molecule has 5 heteroatoms. The molecule has 1 aliphatic carbocycles. The molecule has 1 aliphatic heterocycles. The topological polar surface area (TPSA) is 57.9 Å². The maximum absolute atomic E-state index is 11.4. The summed E-state index contributed by atoms with van der Waals surface area (Å²) in [5.41, 5.74) is 0.0304. The zero-order valence-electron chi connectivity index (χ0n) is 9.29. The lowest BCUT2D eigenvalue weighted by molar-refractivity contribution is -0.480. The fraction of sp³-hybridized carbons (Fsp3) is 0.417. The molecule has 1 aromatic heterocycles. The van der Waals surface area contributed by atoms with Crippen molar-refractivity contribution in [3.8, 4) is 0 Å². The van der Waals surface area contributed by atoms with Gasteiger partial charge in [-0.05, 0) is 25.1 Å². The summed E-state index contributed by atoms with van der Waals surface area (Å²) in [6.07, 6.45) is 5.54. The lowest BCUT2D eigenvalue weighted by Gasteiger charge is -2.41. The second-order valence-corrected chi connectivity index (χ2v) is 4.38. The van der Waals surface area contributed by atoms with Crippen molar-refractivity contribution in [2.45, 2.75) is 31.3 Å². The van der Waals surface area contributed by atoms with Crippen LogP contribution < -0.4 is 0 Å². The fourth-order valence-corrected chi connectivity index (χ4v) is 1.95. The van der Waals surface area contributed by atoms with Crippen molar-refractivity contribution in [2.24, 2.45) is 0 Å². The van der Waals surface area contributed by atoms with Crippen molar-refractivity contribution in [3.05, 3.63) is 36.3 Å². The molecule has 0 aromatic carbocycles. The highest BCUT2D eigenvalue weighted by molar-refractivity contribution is 5.91. The first-order valence-corrected chi connectivity index (χ1v) is 5.41. The summed E-state index contributed by atoms with van der Waals surface area (Å²) in [5, 5.41) is 0. The van der Waals surface area contributed by atoms with Gasteiger partial charge < -0.3 is 9.15 Å². The molecule has 0 N–H and O–H groups in total. The van der Waals surface area contributed by atoms with E-state index < -0.39 is 11.9 Å². The monoisotopic (exact) mass is 236 g/mol. The van der Waals surface area contributed by atoms with E-state index in [1.807, 2.05) is 6.92 Å². The number of carbonyl (C=O) groups is 1. The minimum absolute atomic E-state index is 0.0314. The molecule has 5 nitrogen and oxygen atoms in total. The van der Waals surface area contributed by atoms with Gasteiger partial charge >= 0.3 is 0 Å². The van der Waals surface area contributed by atoms with E-state index in [1.54, 1.807) is 12.1 Å². The Hall–Kier alpha value is -1.43. The van der Waals surface area contributed by atoms with E-state index in [9.17, 15) is 4.79 Å². The summed E-state index contributed by atoms with van der Waals surface area (Å²) in [6.45, 7) is 1.83. The Balaban J connectivity index is 1.82. The highest BCUT2D eigenvalue weighted by Crippen LogP contribution is 2.38. The van der Waals surface area contributed by atoms with E-state index in [0.29, 0.717) is 6.42 Å². The standard InChI is InChI=1S/C12H12O5/c1-12-4-2-9(13)6-10(12)15-11(16-17-12)8-3-5-14-7-8/h2-5,7,10-11H,6H2,1H3/t10-,11-,12+/m0/s1. The molecule has 2 aliphatic rings. The number of hydrogen-bond acceptors (Lipinski definition) is 5. The van der Waals surface area contributed by atoms with Crippen LogP contribution in [0.4, 0.5) is 0 Å². The number of fused-ring (bicyclic) bond motifs is 1. The van der Waals surface area contributed by atoms with Gasteiger partial charge in [-0.1, -0.05) is 0 Å². The number of ketones is 1. The van der Waals surface area contributed by atoms with E-state index in [1.165, 1.54) is 18.6 Å². The molecular weight excluding hydrogens is 224 g/mol. The molecule has 1 aromatic rings. The maximum atomic E-state index is 11.4. The molecule has 0 radical (unpaired) electrons. The van der Waals surface area contributed by atoms with E-state index in [4.69, 9.17) is 18.9 Å². The van der Waals surface area contributed by atoms with Crippen molar-refractivity contribution in [1.82, 2.24) is 0 Å². The van der Waals surface area contributed by atoms with Gasteiger partial charge in [0.1, 0.15) is 11.7 Å². The maximum Gasteiger partial charge on any atom is 0.220 e. The van der Waals surface area contributed by atoms with Crippen molar-refractivity contribution in [1.29, 1.82) is 0 Å². The number of rotatable bonds is 1. The molecule has 1 fully saturated rings. The second-order valence-electron chi connectivity index (χ2n) is 4.38. The first-order valence-electron chi connectivity index (χ1n) is 5.41. The Morgan fingerprint density at radius 1 is 1.47 bits per heavy atom. The van der Waals surface area contributed by atoms with Gasteiger partial charge in [0.25, 0.3) is 0 Å². The van der Waals surface area contributed by atoms with Crippen molar-refractivity contribution < 1.29 is 23.7 Å².